The van der Waals surface area contributed by atoms with Crippen molar-refractivity contribution in [3.8, 4) is 5.75 Å². The van der Waals surface area contributed by atoms with Gasteiger partial charge in [-0.1, -0.05) is 42.3 Å². The van der Waals surface area contributed by atoms with Crippen molar-refractivity contribution in [2.75, 3.05) is 0 Å². The molecule has 0 bridgehead atoms. The highest BCUT2D eigenvalue weighted by Gasteiger charge is 2.17. The van der Waals surface area contributed by atoms with E-state index in [4.69, 9.17) is 4.74 Å². The van der Waals surface area contributed by atoms with Gasteiger partial charge >= 0.3 is 0 Å². The maximum atomic E-state index is 13.7. The predicted octanol–water partition coefficient (Wildman–Crippen LogP) is 5.50. The normalized spacial score (nSPS) is 12.9. The lowest BCUT2D eigenvalue weighted by atomic mass is 10.1. The van der Waals surface area contributed by atoms with Crippen molar-refractivity contribution in [3.05, 3.63) is 65.5 Å². The molecule has 23 heavy (non-hydrogen) atoms. The minimum Gasteiger partial charge on any atom is -0.489 e. The van der Waals surface area contributed by atoms with Gasteiger partial charge in [-0.15, -0.1) is 0 Å². The molecular weight excluding hydrogens is 309 g/mol. The molecule has 0 aliphatic heterocycles. The molecule has 0 radical (unpaired) electrons. The summed E-state index contributed by atoms with van der Waals surface area (Å²) >= 11 is 1.64. The van der Waals surface area contributed by atoms with Crippen molar-refractivity contribution in [1.29, 1.82) is 0 Å². The predicted molar refractivity (Wildman–Crippen MR) is 96.1 cm³/mol. The fourth-order valence-electron chi connectivity index (χ4n) is 2.05. The van der Waals surface area contributed by atoms with E-state index in [9.17, 15) is 4.39 Å². The van der Waals surface area contributed by atoms with Crippen LogP contribution in [0.3, 0.4) is 0 Å². The monoisotopic (exact) mass is 333 g/mol. The van der Waals surface area contributed by atoms with Crippen molar-refractivity contribution in [3.63, 3.8) is 0 Å². The van der Waals surface area contributed by atoms with Gasteiger partial charge in [0, 0.05) is 16.4 Å². The molecule has 0 amide bonds. The molecule has 0 saturated heterocycles. The average molecular weight is 333 g/mol. The van der Waals surface area contributed by atoms with Crippen molar-refractivity contribution in [2.24, 2.45) is 0 Å². The zero-order valence-corrected chi connectivity index (χ0v) is 14.9. The molecule has 1 N–H and O–H groups in total. The molecule has 0 unspecified atom stereocenters. The fourth-order valence-corrected chi connectivity index (χ4v) is 2.71. The van der Waals surface area contributed by atoms with Crippen LogP contribution in [0.25, 0.3) is 0 Å². The van der Waals surface area contributed by atoms with E-state index in [1.54, 1.807) is 24.1 Å². The third-order valence-electron chi connectivity index (χ3n) is 3.22. The maximum Gasteiger partial charge on any atom is 0.124 e. The molecule has 0 spiro atoms. The number of rotatable bonds is 6. The van der Waals surface area contributed by atoms with E-state index < -0.39 is 0 Å². The molecule has 0 aliphatic carbocycles. The molecule has 2 rings (SSSR count). The molecule has 4 heteroatoms. The lowest BCUT2D eigenvalue weighted by Gasteiger charge is -2.23. The molecule has 2 nitrogen and oxygen atoms in total. The number of hydrogen-bond donors (Lipinski definition) is 1. The van der Waals surface area contributed by atoms with Crippen molar-refractivity contribution in [2.45, 2.75) is 45.1 Å². The summed E-state index contributed by atoms with van der Waals surface area (Å²) in [4.78, 5) is 0. The van der Waals surface area contributed by atoms with Gasteiger partial charge in [0.05, 0.1) is 0 Å². The summed E-state index contributed by atoms with van der Waals surface area (Å²) in [5.41, 5.74) is 1.92. The Kier molecular flexibility index (Phi) is 6.08. The van der Waals surface area contributed by atoms with Gasteiger partial charge in [0.15, 0.2) is 0 Å². The number of ether oxygens (including phenoxy) is 1. The Morgan fingerprint density at radius 3 is 2.48 bits per heavy atom. The highest BCUT2D eigenvalue weighted by atomic mass is 32.2. The molecule has 0 aromatic heterocycles. The Hall–Kier alpha value is -1.52. The second kappa shape index (κ2) is 7.84. The van der Waals surface area contributed by atoms with Crippen molar-refractivity contribution < 1.29 is 9.13 Å². The van der Waals surface area contributed by atoms with Gasteiger partial charge in [-0.3, -0.25) is 4.72 Å². The summed E-state index contributed by atoms with van der Waals surface area (Å²) in [6, 6.07) is 14.6. The van der Waals surface area contributed by atoms with Crippen LogP contribution in [0.5, 0.6) is 5.75 Å². The zero-order valence-electron chi connectivity index (χ0n) is 14.1. The molecule has 2 aromatic rings. The molecule has 2 aromatic carbocycles. The van der Waals surface area contributed by atoms with Crippen LogP contribution >= 0.6 is 11.9 Å². The third-order valence-corrected chi connectivity index (χ3v) is 4.30. The minimum absolute atomic E-state index is 0.0132. The number of nitrogens with one attached hydrogen (secondary N) is 1. The highest BCUT2D eigenvalue weighted by molar-refractivity contribution is 7.98. The summed E-state index contributed by atoms with van der Waals surface area (Å²) in [7, 11) is 0. The van der Waals surface area contributed by atoms with Gasteiger partial charge in [0.1, 0.15) is 18.2 Å². The lowest BCUT2D eigenvalue weighted by Crippen LogP contribution is -2.20. The Balaban J connectivity index is 2.10. The standard InChI is InChI=1S/C19H24FNOS/c1-14(21-23-19(2,3)4)17-12-16(20)10-11-18(17)22-13-15-8-6-5-7-9-15/h5-12,14,21H,13H2,1-4H3/t14-/m1/s1. The van der Waals surface area contributed by atoms with Crippen LogP contribution < -0.4 is 9.46 Å². The van der Waals surface area contributed by atoms with Crippen LogP contribution in [-0.4, -0.2) is 4.75 Å². The Morgan fingerprint density at radius 2 is 1.83 bits per heavy atom. The van der Waals surface area contributed by atoms with Gasteiger partial charge < -0.3 is 4.74 Å². The first-order valence-corrected chi connectivity index (χ1v) is 8.56. The van der Waals surface area contributed by atoms with Crippen LogP contribution in [0.15, 0.2) is 48.5 Å². The lowest BCUT2D eigenvalue weighted by molar-refractivity contribution is 0.300. The van der Waals surface area contributed by atoms with E-state index in [0.29, 0.717) is 12.4 Å². The zero-order chi connectivity index (χ0) is 16.9. The largest absolute Gasteiger partial charge is 0.489 e. The molecule has 124 valence electrons. The van der Waals surface area contributed by atoms with E-state index in [1.807, 2.05) is 37.3 Å². The van der Waals surface area contributed by atoms with E-state index in [0.717, 1.165) is 11.1 Å². The summed E-state index contributed by atoms with van der Waals surface area (Å²) in [5.74, 6) is 0.464. The van der Waals surface area contributed by atoms with Crippen LogP contribution in [0.1, 0.15) is 44.9 Å². The van der Waals surface area contributed by atoms with E-state index >= 15 is 0 Å². The van der Waals surface area contributed by atoms with E-state index in [1.165, 1.54) is 6.07 Å². The topological polar surface area (TPSA) is 21.3 Å². The smallest absolute Gasteiger partial charge is 0.124 e. The van der Waals surface area contributed by atoms with Gasteiger partial charge in [0.25, 0.3) is 0 Å². The average Bonchev–Trinajstić information content (AvgIpc) is 2.51. The third kappa shape index (κ3) is 5.88. The first-order valence-electron chi connectivity index (χ1n) is 7.75. The SMILES string of the molecule is C[C@@H](NSC(C)(C)C)c1cc(F)ccc1OCc1ccccc1. The first-order chi connectivity index (χ1) is 10.8. The summed E-state index contributed by atoms with van der Waals surface area (Å²) in [6.07, 6.45) is 0. The quantitative estimate of drug-likeness (QED) is 0.705. The molecule has 0 heterocycles. The minimum atomic E-state index is -0.249. The van der Waals surface area contributed by atoms with Gasteiger partial charge in [-0.25, -0.2) is 4.39 Å². The van der Waals surface area contributed by atoms with E-state index in [-0.39, 0.29) is 16.6 Å². The fraction of sp³-hybridized carbons (Fsp3) is 0.368. The first kappa shape index (κ1) is 17.8. The summed E-state index contributed by atoms with van der Waals surface area (Å²) in [5, 5.41) is 0. The summed E-state index contributed by atoms with van der Waals surface area (Å²) in [6.45, 7) is 8.89. The second-order valence-electron chi connectivity index (χ2n) is 6.51. The van der Waals surface area contributed by atoms with Gasteiger partial charge in [-0.2, -0.15) is 0 Å². The maximum absolute atomic E-state index is 13.7. The van der Waals surface area contributed by atoms with Crippen molar-refractivity contribution >= 4 is 11.9 Å². The van der Waals surface area contributed by atoms with Crippen LogP contribution in [0.2, 0.25) is 0 Å². The van der Waals surface area contributed by atoms with Crippen LogP contribution in [0.4, 0.5) is 4.39 Å². The molecule has 1 atom stereocenters. The van der Waals surface area contributed by atoms with E-state index in [2.05, 4.69) is 25.5 Å². The molecular formula is C19H24FNOS. The molecule has 0 aliphatic rings. The Bertz CT molecular complexity index is 625. The Morgan fingerprint density at radius 1 is 1.13 bits per heavy atom. The number of halogens is 1. The molecule has 0 fully saturated rings. The van der Waals surface area contributed by atoms with Gasteiger partial charge in [0.2, 0.25) is 0 Å². The van der Waals surface area contributed by atoms with Crippen molar-refractivity contribution in [1.82, 2.24) is 4.72 Å². The van der Waals surface area contributed by atoms with Gasteiger partial charge in [-0.05, 0) is 51.5 Å². The van der Waals surface area contributed by atoms with Crippen LogP contribution in [-0.2, 0) is 6.61 Å². The number of hydrogen-bond acceptors (Lipinski definition) is 3. The Labute approximate surface area is 142 Å². The molecule has 0 saturated carbocycles. The van der Waals surface area contributed by atoms with Crippen LogP contribution in [0, 0.1) is 5.82 Å². The highest BCUT2D eigenvalue weighted by Crippen LogP contribution is 2.30. The second-order valence-corrected chi connectivity index (χ2v) is 8.17. The summed E-state index contributed by atoms with van der Waals surface area (Å²) < 4.78 is 23.0. The number of benzene rings is 2.